The average Bonchev–Trinajstić information content (AvgIpc) is 3.08. The normalized spacial score (nSPS) is 12.1. The van der Waals surface area contributed by atoms with Crippen molar-refractivity contribution in [3.05, 3.63) is 69.7 Å². The van der Waals surface area contributed by atoms with Crippen molar-refractivity contribution in [3.8, 4) is 11.4 Å². The molecule has 0 aliphatic heterocycles. The minimum Gasteiger partial charge on any atom is -0.481 e. The van der Waals surface area contributed by atoms with Gasteiger partial charge in [-0.2, -0.15) is 4.68 Å². The number of nitrogens with one attached hydrogen (secondary N) is 1. The number of hydrogen-bond donors (Lipinski definition) is 1. The van der Waals surface area contributed by atoms with Crippen LogP contribution in [0.3, 0.4) is 0 Å². The van der Waals surface area contributed by atoms with Crippen molar-refractivity contribution in [3.63, 3.8) is 0 Å². The van der Waals surface area contributed by atoms with Crippen LogP contribution < -0.4 is 15.7 Å². The predicted octanol–water partition coefficient (Wildman–Crippen LogP) is 4.18. The Morgan fingerprint density at radius 1 is 1.14 bits per heavy atom. The first kappa shape index (κ1) is 25.8. The molecule has 13 heteroatoms. The van der Waals surface area contributed by atoms with E-state index in [4.69, 9.17) is 4.74 Å². The number of halogens is 6. The van der Waals surface area contributed by atoms with Crippen LogP contribution in [-0.4, -0.2) is 39.5 Å². The molecule has 0 radical (unpaired) electrons. The van der Waals surface area contributed by atoms with Gasteiger partial charge < -0.3 is 10.1 Å². The maximum atomic E-state index is 15.0. The van der Waals surface area contributed by atoms with Crippen LogP contribution in [0.4, 0.5) is 32.0 Å². The lowest BCUT2D eigenvalue weighted by atomic mass is 10.1. The molecule has 2 aromatic carbocycles. The van der Waals surface area contributed by atoms with E-state index in [1.807, 2.05) is 12.2 Å². The average molecular weight is 502 g/mol. The Labute approximate surface area is 194 Å². The summed E-state index contributed by atoms with van der Waals surface area (Å²) in [5.74, 6) is -5.31. The van der Waals surface area contributed by atoms with Gasteiger partial charge in [0.1, 0.15) is 47.1 Å². The van der Waals surface area contributed by atoms with Crippen LogP contribution in [0.5, 0.6) is 5.75 Å². The maximum Gasteiger partial charge on any atom is 0.350 e. The summed E-state index contributed by atoms with van der Waals surface area (Å²) < 4.78 is 89.1. The number of amides is 1. The molecular weight excluding hydrogens is 482 g/mol. The minimum absolute atomic E-state index is 0.297. The molecule has 1 N–H and O–H groups in total. The van der Waals surface area contributed by atoms with Crippen molar-refractivity contribution in [1.29, 1.82) is 0 Å². The molecule has 0 fully saturated rings. The van der Waals surface area contributed by atoms with Gasteiger partial charge in [-0.3, -0.25) is 9.36 Å². The quantitative estimate of drug-likeness (QED) is 0.446. The first-order valence-corrected chi connectivity index (χ1v) is 10.3. The zero-order chi connectivity index (χ0) is 25.9. The van der Waals surface area contributed by atoms with E-state index in [9.17, 15) is 31.5 Å². The number of alkyl halides is 3. The van der Waals surface area contributed by atoms with Crippen LogP contribution in [0.2, 0.25) is 0 Å². The second-order valence-corrected chi connectivity index (χ2v) is 7.42. The Morgan fingerprint density at radius 3 is 2.37 bits per heavy atom. The van der Waals surface area contributed by atoms with Crippen molar-refractivity contribution in [1.82, 2.24) is 14.3 Å². The van der Waals surface area contributed by atoms with Gasteiger partial charge in [-0.15, -0.1) is 5.10 Å². The third-order valence-electron chi connectivity index (χ3n) is 4.98. The lowest BCUT2D eigenvalue weighted by Gasteiger charge is -2.19. The Hall–Kier alpha value is -3.77. The monoisotopic (exact) mass is 502 g/mol. The number of nitrogens with zero attached hydrogens (tertiary/aromatic N) is 3. The summed E-state index contributed by atoms with van der Waals surface area (Å²) in [6.45, 7) is 0.154. The number of aryl methyl sites for hydroxylation is 1. The fourth-order valence-electron chi connectivity index (χ4n) is 3.17. The van der Waals surface area contributed by atoms with E-state index in [0.29, 0.717) is 29.4 Å². The molecule has 0 aliphatic carbocycles. The van der Waals surface area contributed by atoms with Crippen LogP contribution in [0, 0.1) is 17.5 Å². The molecule has 0 spiro atoms. The van der Waals surface area contributed by atoms with Crippen LogP contribution >= 0.6 is 0 Å². The SMILES string of the molecule is CCCc1nn(-c2cc(O[C@@H](CF)C(F)F)c(C(=O)Nc3c(F)cccc3F)cc2F)c(=O)n1C. The summed E-state index contributed by atoms with van der Waals surface area (Å²) in [6, 6.07) is 3.96. The molecule has 0 saturated carbocycles. The number of hydrogen-bond acceptors (Lipinski definition) is 4. The van der Waals surface area contributed by atoms with Crippen molar-refractivity contribution < 1.29 is 35.9 Å². The second-order valence-electron chi connectivity index (χ2n) is 7.42. The summed E-state index contributed by atoms with van der Waals surface area (Å²) >= 11 is 0. The molecule has 1 heterocycles. The summed E-state index contributed by atoms with van der Waals surface area (Å²) in [7, 11) is 1.40. The first-order chi connectivity index (χ1) is 16.6. The summed E-state index contributed by atoms with van der Waals surface area (Å²) in [5, 5.41) is 5.90. The molecule has 3 rings (SSSR count). The Kier molecular flexibility index (Phi) is 7.87. The predicted molar refractivity (Wildman–Crippen MR) is 113 cm³/mol. The molecule has 0 bridgehead atoms. The summed E-state index contributed by atoms with van der Waals surface area (Å²) in [5.41, 5.74) is -3.00. The van der Waals surface area contributed by atoms with Gasteiger partial charge >= 0.3 is 5.69 Å². The third-order valence-corrected chi connectivity index (χ3v) is 4.98. The Morgan fingerprint density at radius 2 is 1.80 bits per heavy atom. The van der Waals surface area contributed by atoms with E-state index >= 15 is 4.39 Å². The minimum atomic E-state index is -3.33. The molecule has 0 unspecified atom stereocenters. The van der Waals surface area contributed by atoms with Crippen LogP contribution in [-0.2, 0) is 13.5 Å². The zero-order valence-corrected chi connectivity index (χ0v) is 18.5. The van der Waals surface area contributed by atoms with E-state index in [1.54, 1.807) is 0 Å². The number of anilines is 1. The molecule has 35 heavy (non-hydrogen) atoms. The highest BCUT2D eigenvalue weighted by Crippen LogP contribution is 2.29. The van der Waals surface area contributed by atoms with Crippen molar-refractivity contribution in [2.45, 2.75) is 32.3 Å². The zero-order valence-electron chi connectivity index (χ0n) is 18.5. The van der Waals surface area contributed by atoms with Gasteiger partial charge in [0.25, 0.3) is 12.3 Å². The molecule has 0 saturated heterocycles. The number of benzene rings is 2. The highest BCUT2D eigenvalue weighted by atomic mass is 19.3. The van der Waals surface area contributed by atoms with Gasteiger partial charge in [0.15, 0.2) is 6.10 Å². The van der Waals surface area contributed by atoms with Gasteiger partial charge in [0, 0.05) is 19.5 Å². The molecule has 188 valence electrons. The maximum absolute atomic E-state index is 15.0. The molecule has 0 aliphatic rings. The van der Waals surface area contributed by atoms with E-state index in [-0.39, 0.29) is 0 Å². The topological polar surface area (TPSA) is 78.2 Å². The first-order valence-electron chi connectivity index (χ1n) is 10.3. The highest BCUT2D eigenvalue weighted by Gasteiger charge is 2.28. The second kappa shape index (κ2) is 10.7. The highest BCUT2D eigenvalue weighted by molar-refractivity contribution is 6.06. The Bertz CT molecular complexity index is 1270. The number of para-hydroxylation sites is 1. The van der Waals surface area contributed by atoms with Crippen LogP contribution in [0.15, 0.2) is 35.1 Å². The molecule has 1 atom stereocenters. The number of carbonyl (C=O) groups is 1. The fraction of sp³-hybridized carbons (Fsp3) is 0.318. The lowest BCUT2D eigenvalue weighted by molar-refractivity contribution is -0.00158. The molecule has 7 nitrogen and oxygen atoms in total. The van der Waals surface area contributed by atoms with E-state index < -0.39 is 70.9 Å². The van der Waals surface area contributed by atoms with Gasteiger partial charge in [0.2, 0.25) is 0 Å². The fourth-order valence-corrected chi connectivity index (χ4v) is 3.17. The number of rotatable bonds is 9. The summed E-state index contributed by atoms with van der Waals surface area (Å²) in [6.07, 6.45) is -4.70. The van der Waals surface area contributed by atoms with Crippen molar-refractivity contribution in [2.75, 3.05) is 12.0 Å². The molecule has 1 aromatic heterocycles. The van der Waals surface area contributed by atoms with Gasteiger partial charge in [-0.25, -0.2) is 31.1 Å². The number of aromatic nitrogens is 3. The summed E-state index contributed by atoms with van der Waals surface area (Å²) in [4.78, 5) is 25.3. The van der Waals surface area contributed by atoms with Crippen LogP contribution in [0.25, 0.3) is 5.69 Å². The lowest BCUT2D eigenvalue weighted by Crippen LogP contribution is -2.29. The number of ether oxygens (including phenoxy) is 1. The van der Waals surface area contributed by atoms with Gasteiger partial charge in [0.05, 0.1) is 5.56 Å². The van der Waals surface area contributed by atoms with E-state index in [2.05, 4.69) is 5.10 Å². The largest absolute Gasteiger partial charge is 0.481 e. The molecule has 1 amide bonds. The Balaban J connectivity index is 2.14. The standard InChI is InChI=1S/C22H20F6N4O3/c1-3-5-18-30-32(22(34)31(18)2)15-9-16(35-17(10-23)20(27)28)11(8-14(15)26)21(33)29-19-12(24)6-4-7-13(19)25/h4,6-9,17,20H,3,5,10H2,1-2H3,(H,29,33)/t17-/m0/s1. The van der Waals surface area contributed by atoms with Crippen molar-refractivity contribution in [2.24, 2.45) is 7.05 Å². The third kappa shape index (κ3) is 5.33. The van der Waals surface area contributed by atoms with Crippen molar-refractivity contribution >= 4 is 11.6 Å². The van der Waals surface area contributed by atoms with Gasteiger partial charge in [-0.1, -0.05) is 13.0 Å². The smallest absolute Gasteiger partial charge is 0.350 e. The van der Waals surface area contributed by atoms with E-state index in [1.165, 1.54) is 7.05 Å². The number of carbonyl (C=O) groups excluding carboxylic acids is 1. The molecule has 3 aromatic rings. The van der Waals surface area contributed by atoms with E-state index in [0.717, 1.165) is 28.8 Å². The van der Waals surface area contributed by atoms with Crippen LogP contribution in [0.1, 0.15) is 29.5 Å². The van der Waals surface area contributed by atoms with Gasteiger partial charge in [-0.05, 0) is 24.6 Å². The molecular formula is C22H20F6N4O3.